The summed E-state index contributed by atoms with van der Waals surface area (Å²) in [5, 5.41) is 28.3. The van der Waals surface area contributed by atoms with Gasteiger partial charge in [-0.2, -0.15) is 0 Å². The molecule has 3 N–H and O–H groups in total. The molecule has 0 aromatic heterocycles. The highest BCUT2D eigenvalue weighted by molar-refractivity contribution is 5.65. The standard InChI is InChI=1S/C24H26O4/c1-17(27)10-18-4-2-5-20(11-18)21-6-3-7-24(13-21)28-16-19-8-9-22(14-25)23(12-19)15-26/h2-9,11-13,17,25-27H,10,14-16H2,1H3. The third-order valence-corrected chi connectivity index (χ3v) is 4.64. The molecular formula is C24H26O4. The van der Waals surface area contributed by atoms with E-state index in [4.69, 9.17) is 4.74 Å². The smallest absolute Gasteiger partial charge is 0.120 e. The normalized spacial score (nSPS) is 12.0. The van der Waals surface area contributed by atoms with Gasteiger partial charge in [-0.1, -0.05) is 48.5 Å². The third-order valence-electron chi connectivity index (χ3n) is 4.64. The lowest BCUT2D eigenvalue weighted by Crippen LogP contribution is -2.03. The largest absolute Gasteiger partial charge is 0.489 e. The molecule has 0 heterocycles. The number of hydrogen-bond donors (Lipinski definition) is 3. The second-order valence-corrected chi connectivity index (χ2v) is 6.99. The topological polar surface area (TPSA) is 69.9 Å². The molecule has 3 aromatic carbocycles. The first-order valence-corrected chi connectivity index (χ1v) is 9.41. The summed E-state index contributed by atoms with van der Waals surface area (Å²) in [6, 6.07) is 21.6. The first-order valence-electron chi connectivity index (χ1n) is 9.41. The van der Waals surface area contributed by atoms with Crippen LogP contribution in [0.5, 0.6) is 5.75 Å². The van der Waals surface area contributed by atoms with Gasteiger partial charge in [0.25, 0.3) is 0 Å². The SMILES string of the molecule is CC(O)Cc1cccc(-c2cccc(OCc3ccc(CO)c(CO)c3)c2)c1. The Morgan fingerprint density at radius 2 is 1.50 bits per heavy atom. The number of rotatable bonds is 8. The molecule has 4 heteroatoms. The van der Waals surface area contributed by atoms with Gasteiger partial charge in [-0.05, 0) is 64.9 Å². The van der Waals surface area contributed by atoms with Crippen LogP contribution in [0.2, 0.25) is 0 Å². The third kappa shape index (κ3) is 5.20. The number of benzene rings is 3. The van der Waals surface area contributed by atoms with Crippen LogP contribution in [0.25, 0.3) is 11.1 Å². The zero-order valence-corrected chi connectivity index (χ0v) is 16.0. The minimum atomic E-state index is -0.369. The van der Waals surface area contributed by atoms with Gasteiger partial charge in [0.1, 0.15) is 12.4 Å². The number of aliphatic hydroxyl groups excluding tert-OH is 3. The van der Waals surface area contributed by atoms with Gasteiger partial charge in [0.15, 0.2) is 0 Å². The van der Waals surface area contributed by atoms with Crippen molar-refractivity contribution in [2.24, 2.45) is 0 Å². The molecule has 0 saturated carbocycles. The Kier molecular flexibility index (Phi) is 6.82. The van der Waals surface area contributed by atoms with Crippen molar-refractivity contribution in [3.8, 4) is 16.9 Å². The molecule has 1 unspecified atom stereocenters. The molecule has 0 aliphatic heterocycles. The van der Waals surface area contributed by atoms with Gasteiger partial charge in [0.05, 0.1) is 19.3 Å². The van der Waals surface area contributed by atoms with Crippen LogP contribution in [-0.4, -0.2) is 21.4 Å². The van der Waals surface area contributed by atoms with Gasteiger partial charge >= 0.3 is 0 Å². The predicted molar refractivity (Wildman–Crippen MR) is 110 cm³/mol. The van der Waals surface area contributed by atoms with Crippen LogP contribution >= 0.6 is 0 Å². The van der Waals surface area contributed by atoms with Crippen LogP contribution in [0, 0.1) is 0 Å². The summed E-state index contributed by atoms with van der Waals surface area (Å²) < 4.78 is 5.94. The number of aliphatic hydroxyl groups is 3. The molecule has 0 spiro atoms. The maximum atomic E-state index is 9.61. The monoisotopic (exact) mass is 378 g/mol. The van der Waals surface area contributed by atoms with E-state index in [0.717, 1.165) is 33.6 Å². The van der Waals surface area contributed by atoms with Crippen molar-refractivity contribution >= 4 is 0 Å². The molecule has 0 bridgehead atoms. The highest BCUT2D eigenvalue weighted by atomic mass is 16.5. The molecule has 3 aromatic rings. The van der Waals surface area contributed by atoms with E-state index in [1.807, 2.05) is 60.7 Å². The van der Waals surface area contributed by atoms with Crippen LogP contribution in [0.4, 0.5) is 0 Å². The summed E-state index contributed by atoms with van der Waals surface area (Å²) in [5.41, 5.74) is 5.61. The van der Waals surface area contributed by atoms with Gasteiger partial charge in [-0.25, -0.2) is 0 Å². The Hall–Kier alpha value is -2.66. The second kappa shape index (κ2) is 9.51. The second-order valence-electron chi connectivity index (χ2n) is 6.99. The van der Waals surface area contributed by atoms with Gasteiger partial charge < -0.3 is 20.1 Å². The van der Waals surface area contributed by atoms with Crippen molar-refractivity contribution in [3.05, 3.63) is 89.0 Å². The number of ether oxygens (including phenoxy) is 1. The molecule has 0 radical (unpaired) electrons. The van der Waals surface area contributed by atoms with E-state index in [1.165, 1.54) is 0 Å². The fourth-order valence-corrected chi connectivity index (χ4v) is 3.22. The molecule has 4 nitrogen and oxygen atoms in total. The van der Waals surface area contributed by atoms with Crippen LogP contribution in [0.3, 0.4) is 0 Å². The minimum Gasteiger partial charge on any atom is -0.489 e. The summed E-state index contributed by atoms with van der Waals surface area (Å²) >= 11 is 0. The quantitative estimate of drug-likeness (QED) is 0.557. The molecule has 146 valence electrons. The van der Waals surface area contributed by atoms with Gasteiger partial charge in [-0.15, -0.1) is 0 Å². The van der Waals surface area contributed by atoms with Crippen molar-refractivity contribution in [2.45, 2.75) is 39.3 Å². The summed E-state index contributed by atoms with van der Waals surface area (Å²) in [4.78, 5) is 0. The Labute approximate surface area is 165 Å². The van der Waals surface area contributed by atoms with E-state index < -0.39 is 0 Å². The zero-order valence-electron chi connectivity index (χ0n) is 16.0. The van der Waals surface area contributed by atoms with Gasteiger partial charge in [0.2, 0.25) is 0 Å². The van der Waals surface area contributed by atoms with Crippen LogP contribution in [0.1, 0.15) is 29.2 Å². The maximum absolute atomic E-state index is 9.61. The Balaban J connectivity index is 1.74. The maximum Gasteiger partial charge on any atom is 0.120 e. The van der Waals surface area contributed by atoms with E-state index in [2.05, 4.69) is 6.07 Å². The molecule has 0 saturated heterocycles. The first kappa shape index (κ1) is 20.1. The van der Waals surface area contributed by atoms with Crippen LogP contribution < -0.4 is 4.74 Å². The summed E-state index contributed by atoms with van der Waals surface area (Å²) in [6.07, 6.45) is 0.257. The van der Waals surface area contributed by atoms with Gasteiger partial charge in [0, 0.05) is 0 Å². The fourth-order valence-electron chi connectivity index (χ4n) is 3.22. The Morgan fingerprint density at radius 1 is 0.786 bits per heavy atom. The molecule has 0 amide bonds. The predicted octanol–water partition coefficient (Wildman–Crippen LogP) is 3.84. The molecule has 0 fully saturated rings. The van der Waals surface area contributed by atoms with Crippen molar-refractivity contribution in [1.29, 1.82) is 0 Å². The van der Waals surface area contributed by atoms with Crippen LogP contribution in [-0.2, 0) is 26.2 Å². The van der Waals surface area contributed by atoms with Gasteiger partial charge in [-0.3, -0.25) is 0 Å². The van der Waals surface area contributed by atoms with Crippen LogP contribution in [0.15, 0.2) is 66.7 Å². The molecule has 28 heavy (non-hydrogen) atoms. The van der Waals surface area contributed by atoms with Crippen molar-refractivity contribution < 1.29 is 20.1 Å². The Bertz CT molecular complexity index is 918. The van der Waals surface area contributed by atoms with E-state index in [9.17, 15) is 15.3 Å². The van der Waals surface area contributed by atoms with Crippen molar-refractivity contribution in [3.63, 3.8) is 0 Å². The average Bonchev–Trinajstić information content (AvgIpc) is 2.72. The fraction of sp³-hybridized carbons (Fsp3) is 0.250. The highest BCUT2D eigenvalue weighted by Gasteiger charge is 2.06. The van der Waals surface area contributed by atoms with E-state index in [1.54, 1.807) is 6.92 Å². The summed E-state index contributed by atoms with van der Waals surface area (Å²) in [5.74, 6) is 0.759. The Morgan fingerprint density at radius 3 is 2.21 bits per heavy atom. The first-order chi connectivity index (χ1) is 13.6. The summed E-state index contributed by atoms with van der Waals surface area (Å²) in [7, 11) is 0. The van der Waals surface area contributed by atoms with E-state index in [0.29, 0.717) is 18.6 Å². The molecule has 3 rings (SSSR count). The van der Waals surface area contributed by atoms with E-state index in [-0.39, 0.29) is 19.3 Å². The summed E-state index contributed by atoms with van der Waals surface area (Å²) in [6.45, 7) is 1.97. The average molecular weight is 378 g/mol. The van der Waals surface area contributed by atoms with E-state index >= 15 is 0 Å². The molecular weight excluding hydrogens is 352 g/mol. The molecule has 1 atom stereocenters. The lowest BCUT2D eigenvalue weighted by Gasteiger charge is -2.12. The molecule has 0 aliphatic rings. The van der Waals surface area contributed by atoms with Crippen molar-refractivity contribution in [1.82, 2.24) is 0 Å². The number of hydrogen-bond acceptors (Lipinski definition) is 4. The van der Waals surface area contributed by atoms with Crippen molar-refractivity contribution in [2.75, 3.05) is 0 Å². The zero-order chi connectivity index (χ0) is 19.9. The lowest BCUT2D eigenvalue weighted by molar-refractivity contribution is 0.195. The highest BCUT2D eigenvalue weighted by Crippen LogP contribution is 2.26. The lowest BCUT2D eigenvalue weighted by atomic mass is 10.0. The molecule has 0 aliphatic carbocycles. The minimum absolute atomic E-state index is 0.0901.